The number of sulfonamides is 1. The average Bonchev–Trinajstić information content (AvgIpc) is 2.85. The van der Waals surface area contributed by atoms with E-state index in [1.165, 1.54) is 0 Å². The van der Waals surface area contributed by atoms with Crippen LogP contribution in [0.4, 0.5) is 5.69 Å². The van der Waals surface area contributed by atoms with Crippen LogP contribution in [-0.2, 0) is 14.8 Å². The van der Waals surface area contributed by atoms with Gasteiger partial charge in [0.15, 0.2) is 11.5 Å². The summed E-state index contributed by atoms with van der Waals surface area (Å²) in [5.41, 5.74) is 0.489. The van der Waals surface area contributed by atoms with Gasteiger partial charge in [0, 0.05) is 31.6 Å². The van der Waals surface area contributed by atoms with Crippen LogP contribution >= 0.6 is 11.6 Å². The molecular weight excluding hydrogens is 406 g/mol. The van der Waals surface area contributed by atoms with Gasteiger partial charge in [-0.1, -0.05) is 11.6 Å². The molecule has 2 heterocycles. The second-order valence-corrected chi connectivity index (χ2v) is 9.48. The largest absolute Gasteiger partial charge is 0.490 e. The summed E-state index contributed by atoms with van der Waals surface area (Å²) >= 11 is 6.28. The molecule has 0 bridgehead atoms. The number of nitrogens with one attached hydrogen (secondary N) is 2. The summed E-state index contributed by atoms with van der Waals surface area (Å²) in [6.45, 7) is 3.21. The molecule has 0 spiro atoms. The molecule has 1 aromatic carbocycles. The minimum Gasteiger partial charge on any atom is -0.490 e. The molecule has 1 aromatic rings. The molecular formula is C18H26ClN3O5S. The molecule has 2 aliphatic heterocycles. The van der Waals surface area contributed by atoms with Gasteiger partial charge in [-0.2, -0.15) is 0 Å². The van der Waals surface area contributed by atoms with Crippen molar-refractivity contribution in [2.75, 3.05) is 51.0 Å². The van der Waals surface area contributed by atoms with Crippen LogP contribution in [0.1, 0.15) is 19.3 Å². The third kappa shape index (κ3) is 6.23. The van der Waals surface area contributed by atoms with E-state index < -0.39 is 10.0 Å². The molecule has 0 aromatic heterocycles. The zero-order chi connectivity index (χ0) is 20.1. The quantitative estimate of drug-likeness (QED) is 0.711. The van der Waals surface area contributed by atoms with Crippen LogP contribution in [0.2, 0.25) is 5.02 Å². The van der Waals surface area contributed by atoms with Gasteiger partial charge >= 0.3 is 0 Å². The highest BCUT2D eigenvalue weighted by Crippen LogP contribution is 2.37. The van der Waals surface area contributed by atoms with Crippen LogP contribution < -0.4 is 19.5 Å². The van der Waals surface area contributed by atoms with Gasteiger partial charge < -0.3 is 14.8 Å². The minimum atomic E-state index is -3.20. The Morgan fingerprint density at radius 1 is 1.25 bits per heavy atom. The number of carbonyl (C=O) groups is 1. The molecule has 8 nitrogen and oxygen atoms in total. The molecule has 3 rings (SSSR count). The Labute approximate surface area is 170 Å². The fourth-order valence-corrected chi connectivity index (χ4v) is 4.14. The monoisotopic (exact) mass is 431 g/mol. The van der Waals surface area contributed by atoms with Crippen molar-refractivity contribution in [1.29, 1.82) is 0 Å². The number of carbonyl (C=O) groups excluding carboxylic acids is 1. The molecule has 2 N–H and O–H groups in total. The number of fused-ring (bicyclic) bond motifs is 1. The lowest BCUT2D eigenvalue weighted by Gasteiger charge is -2.32. The number of hydrogen-bond acceptors (Lipinski definition) is 6. The molecule has 1 amide bonds. The molecule has 1 atom stereocenters. The summed E-state index contributed by atoms with van der Waals surface area (Å²) in [6.07, 6.45) is 3.81. The maximum atomic E-state index is 12.5. The lowest BCUT2D eigenvalue weighted by Crippen LogP contribution is -2.43. The molecule has 156 valence electrons. The number of nitrogens with zero attached hydrogens (tertiary/aromatic N) is 1. The molecule has 0 saturated carbocycles. The predicted molar refractivity (Wildman–Crippen MR) is 108 cm³/mol. The van der Waals surface area contributed by atoms with E-state index in [1.54, 1.807) is 12.1 Å². The molecule has 1 unspecified atom stereocenters. The first-order valence-corrected chi connectivity index (χ1v) is 11.6. The zero-order valence-corrected chi connectivity index (χ0v) is 17.4. The van der Waals surface area contributed by atoms with Gasteiger partial charge in [-0.15, -0.1) is 0 Å². The summed E-state index contributed by atoms with van der Waals surface area (Å²) in [6, 6.07) is 3.35. The second kappa shape index (κ2) is 9.30. The van der Waals surface area contributed by atoms with Crippen LogP contribution in [0.25, 0.3) is 0 Å². The van der Waals surface area contributed by atoms with E-state index in [9.17, 15) is 13.2 Å². The highest BCUT2D eigenvalue weighted by Gasteiger charge is 2.23. The number of likely N-dealkylation sites (tertiary alicyclic amines) is 1. The number of benzene rings is 1. The first-order chi connectivity index (χ1) is 13.3. The molecule has 10 heteroatoms. The fraction of sp³-hybridized carbons (Fsp3) is 0.611. The standard InChI is InChI=1S/C18H26ClN3O5S/c1-28(24,25)20-10-13-4-2-5-22(11-13)12-18(23)21-15-9-17-16(8-14(15)19)26-6-3-7-27-17/h8-9,13,20H,2-7,10-12H2,1H3,(H,21,23). The van der Waals surface area contributed by atoms with Crippen molar-refractivity contribution in [3.8, 4) is 11.5 Å². The van der Waals surface area contributed by atoms with Crippen LogP contribution in [0.5, 0.6) is 11.5 Å². The van der Waals surface area contributed by atoms with Gasteiger partial charge in [-0.3, -0.25) is 9.69 Å². The highest BCUT2D eigenvalue weighted by atomic mass is 35.5. The van der Waals surface area contributed by atoms with E-state index in [1.807, 2.05) is 4.90 Å². The van der Waals surface area contributed by atoms with Gasteiger partial charge in [0.05, 0.1) is 36.7 Å². The average molecular weight is 432 g/mol. The SMILES string of the molecule is CS(=O)(=O)NCC1CCCN(CC(=O)Nc2cc3c(cc2Cl)OCCCO3)C1. The molecule has 2 aliphatic rings. The molecule has 1 saturated heterocycles. The number of anilines is 1. The van der Waals surface area contributed by atoms with E-state index in [0.717, 1.165) is 32.1 Å². The Morgan fingerprint density at radius 2 is 1.96 bits per heavy atom. The maximum Gasteiger partial charge on any atom is 0.238 e. The van der Waals surface area contributed by atoms with Gasteiger partial charge in [0.1, 0.15) is 0 Å². The highest BCUT2D eigenvalue weighted by molar-refractivity contribution is 7.88. The number of piperidine rings is 1. The number of amides is 1. The normalized spacial score (nSPS) is 20.4. The third-order valence-corrected chi connectivity index (χ3v) is 5.72. The van der Waals surface area contributed by atoms with Crippen molar-refractivity contribution in [2.24, 2.45) is 5.92 Å². The Morgan fingerprint density at radius 3 is 2.68 bits per heavy atom. The van der Waals surface area contributed by atoms with Crippen LogP contribution in [0.15, 0.2) is 12.1 Å². The van der Waals surface area contributed by atoms with Crippen LogP contribution in [-0.4, -0.2) is 64.9 Å². The van der Waals surface area contributed by atoms with Gasteiger partial charge in [0.25, 0.3) is 0 Å². The third-order valence-electron chi connectivity index (χ3n) is 4.72. The predicted octanol–water partition coefficient (Wildman–Crippen LogP) is 1.70. The van der Waals surface area contributed by atoms with Crippen molar-refractivity contribution < 1.29 is 22.7 Å². The number of hydrogen-bond donors (Lipinski definition) is 2. The second-order valence-electron chi connectivity index (χ2n) is 7.24. The number of halogens is 1. The maximum absolute atomic E-state index is 12.5. The Kier molecular flexibility index (Phi) is 7.03. The lowest BCUT2D eigenvalue weighted by atomic mass is 9.98. The van der Waals surface area contributed by atoms with Gasteiger partial charge in [-0.05, 0) is 25.3 Å². The van der Waals surface area contributed by atoms with E-state index >= 15 is 0 Å². The zero-order valence-electron chi connectivity index (χ0n) is 15.9. The van der Waals surface area contributed by atoms with E-state index in [2.05, 4.69) is 10.0 Å². The van der Waals surface area contributed by atoms with E-state index in [0.29, 0.717) is 48.5 Å². The fourth-order valence-electron chi connectivity index (χ4n) is 3.40. The molecule has 28 heavy (non-hydrogen) atoms. The van der Waals surface area contributed by atoms with Crippen molar-refractivity contribution in [3.05, 3.63) is 17.2 Å². The summed E-state index contributed by atoms with van der Waals surface area (Å²) < 4.78 is 36.3. The topological polar surface area (TPSA) is 97.0 Å². The molecule has 0 radical (unpaired) electrons. The lowest BCUT2D eigenvalue weighted by molar-refractivity contribution is -0.117. The summed E-state index contributed by atoms with van der Waals surface area (Å²) in [7, 11) is -3.20. The van der Waals surface area contributed by atoms with Crippen LogP contribution in [0, 0.1) is 5.92 Å². The van der Waals surface area contributed by atoms with Gasteiger partial charge in [0.2, 0.25) is 15.9 Å². The van der Waals surface area contributed by atoms with Crippen LogP contribution in [0.3, 0.4) is 0 Å². The van der Waals surface area contributed by atoms with Crippen molar-refractivity contribution in [1.82, 2.24) is 9.62 Å². The summed E-state index contributed by atoms with van der Waals surface area (Å²) in [5, 5.41) is 3.23. The summed E-state index contributed by atoms with van der Waals surface area (Å²) in [5.74, 6) is 1.17. The van der Waals surface area contributed by atoms with E-state index in [-0.39, 0.29) is 18.4 Å². The van der Waals surface area contributed by atoms with Crippen molar-refractivity contribution >= 4 is 33.2 Å². The van der Waals surface area contributed by atoms with Crippen molar-refractivity contribution in [2.45, 2.75) is 19.3 Å². The Balaban J connectivity index is 1.56. The molecule has 1 fully saturated rings. The number of rotatable bonds is 6. The first kappa shape index (κ1) is 21.2. The Bertz CT molecular complexity index is 818. The van der Waals surface area contributed by atoms with E-state index in [4.69, 9.17) is 21.1 Å². The molecule has 0 aliphatic carbocycles. The summed E-state index contributed by atoms with van der Waals surface area (Å²) in [4.78, 5) is 14.5. The van der Waals surface area contributed by atoms with Crippen molar-refractivity contribution in [3.63, 3.8) is 0 Å². The van der Waals surface area contributed by atoms with Gasteiger partial charge in [-0.25, -0.2) is 13.1 Å². The smallest absolute Gasteiger partial charge is 0.238 e. The first-order valence-electron chi connectivity index (χ1n) is 9.36. The Hall–Kier alpha value is -1.55. The minimum absolute atomic E-state index is 0.173. The number of ether oxygens (including phenoxy) is 2.